The van der Waals surface area contributed by atoms with Crippen LogP contribution in [0.5, 0.6) is 0 Å². The van der Waals surface area contributed by atoms with Crippen LogP contribution in [0, 0.1) is 0 Å². The lowest BCUT2D eigenvalue weighted by atomic mass is 10.1. The van der Waals surface area contributed by atoms with Crippen LogP contribution in [-0.4, -0.2) is 32.6 Å². The highest BCUT2D eigenvalue weighted by Crippen LogP contribution is 2.28. The molecule has 0 saturated heterocycles. The number of carbonyl (C=O) groups excluding carboxylic acids is 1. The molecule has 1 aromatic carbocycles. The zero-order chi connectivity index (χ0) is 17.2. The van der Waals surface area contributed by atoms with Gasteiger partial charge in [-0.05, 0) is 32.9 Å². The number of nitrogens with one attached hydrogen (secondary N) is 1. The van der Waals surface area contributed by atoms with Gasteiger partial charge in [0.2, 0.25) is 0 Å². The molecule has 0 atom stereocenters. The Kier molecular flexibility index (Phi) is 4.40. The highest BCUT2D eigenvalue weighted by molar-refractivity contribution is 5.92. The molecule has 7 heteroatoms. The smallest absolute Gasteiger partial charge is 0.412 e. The van der Waals surface area contributed by atoms with E-state index >= 15 is 0 Å². The van der Waals surface area contributed by atoms with Crippen molar-refractivity contribution in [1.29, 1.82) is 0 Å². The van der Waals surface area contributed by atoms with Gasteiger partial charge in [0.15, 0.2) is 5.69 Å². The quantitative estimate of drug-likeness (QED) is 0.907. The fourth-order valence-electron chi connectivity index (χ4n) is 2.05. The molecule has 2 aromatic rings. The van der Waals surface area contributed by atoms with Gasteiger partial charge in [-0.1, -0.05) is 18.2 Å². The molecule has 0 unspecified atom stereocenters. The third kappa shape index (κ3) is 4.09. The van der Waals surface area contributed by atoms with Crippen molar-refractivity contribution in [3.05, 3.63) is 36.0 Å². The molecule has 2 N–H and O–H groups in total. The number of para-hydroxylation sites is 1. The fourth-order valence-corrected chi connectivity index (χ4v) is 2.05. The number of hydrogen-bond donors (Lipinski definition) is 2. The number of hydrogen-bond acceptors (Lipinski definition) is 4. The molecule has 0 saturated carbocycles. The zero-order valence-electron chi connectivity index (χ0n) is 13.5. The van der Waals surface area contributed by atoms with Gasteiger partial charge in [-0.25, -0.2) is 9.59 Å². The molecular weight excluding hydrogens is 298 g/mol. The summed E-state index contributed by atoms with van der Waals surface area (Å²) in [6.07, 6.45) is -0.578. The Bertz CT molecular complexity index is 744. The monoisotopic (exact) mass is 317 g/mol. The average Bonchev–Trinajstić information content (AvgIpc) is 2.79. The number of aromatic nitrogens is 2. The number of rotatable bonds is 3. The molecule has 0 aliphatic carbocycles. The van der Waals surface area contributed by atoms with Crippen LogP contribution in [-0.2, 0) is 11.8 Å². The Morgan fingerprint density at radius 3 is 2.48 bits per heavy atom. The predicted molar refractivity (Wildman–Crippen MR) is 85.5 cm³/mol. The maximum absolute atomic E-state index is 12.0. The Morgan fingerprint density at radius 1 is 1.26 bits per heavy atom. The summed E-state index contributed by atoms with van der Waals surface area (Å²) in [4.78, 5) is 23.0. The molecule has 23 heavy (non-hydrogen) atoms. The largest absolute Gasteiger partial charge is 0.476 e. The van der Waals surface area contributed by atoms with Crippen LogP contribution in [0.15, 0.2) is 30.3 Å². The van der Waals surface area contributed by atoms with Gasteiger partial charge in [0, 0.05) is 12.6 Å². The van der Waals surface area contributed by atoms with Gasteiger partial charge < -0.3 is 9.84 Å². The van der Waals surface area contributed by atoms with E-state index in [1.807, 2.05) is 0 Å². The van der Waals surface area contributed by atoms with E-state index < -0.39 is 17.7 Å². The van der Waals surface area contributed by atoms with Crippen molar-refractivity contribution in [1.82, 2.24) is 9.78 Å². The van der Waals surface area contributed by atoms with Crippen LogP contribution in [0.25, 0.3) is 11.3 Å². The third-order valence-electron chi connectivity index (χ3n) is 2.94. The first kappa shape index (κ1) is 16.5. The Morgan fingerprint density at radius 2 is 1.91 bits per heavy atom. The van der Waals surface area contributed by atoms with Gasteiger partial charge in [0.05, 0.1) is 11.4 Å². The van der Waals surface area contributed by atoms with Crippen LogP contribution in [0.4, 0.5) is 10.5 Å². The number of carboxylic acid groups (broad SMARTS) is 1. The summed E-state index contributed by atoms with van der Waals surface area (Å²) in [6, 6.07) is 8.51. The van der Waals surface area contributed by atoms with E-state index in [0.717, 1.165) is 0 Å². The molecule has 0 aliphatic heterocycles. The lowest BCUT2D eigenvalue weighted by Gasteiger charge is -2.20. The number of benzene rings is 1. The van der Waals surface area contributed by atoms with Gasteiger partial charge in [0.25, 0.3) is 0 Å². The minimum atomic E-state index is -1.11. The van der Waals surface area contributed by atoms with Crippen molar-refractivity contribution >= 4 is 17.7 Å². The Balaban J connectivity index is 2.35. The summed E-state index contributed by atoms with van der Waals surface area (Å²) < 4.78 is 6.70. The number of aryl methyl sites for hydroxylation is 1. The zero-order valence-corrected chi connectivity index (χ0v) is 13.5. The third-order valence-corrected chi connectivity index (χ3v) is 2.94. The van der Waals surface area contributed by atoms with E-state index in [1.54, 1.807) is 52.1 Å². The second-order valence-corrected chi connectivity index (χ2v) is 6.02. The molecule has 1 aromatic heterocycles. The molecule has 122 valence electrons. The number of amides is 1. The summed E-state index contributed by atoms with van der Waals surface area (Å²) in [6.45, 7) is 5.33. The molecule has 0 fully saturated rings. The van der Waals surface area contributed by atoms with E-state index in [0.29, 0.717) is 16.9 Å². The van der Waals surface area contributed by atoms with Gasteiger partial charge in [0.1, 0.15) is 5.60 Å². The molecule has 0 aliphatic rings. The second-order valence-electron chi connectivity index (χ2n) is 6.02. The number of nitrogens with zero attached hydrogens (tertiary/aromatic N) is 2. The van der Waals surface area contributed by atoms with E-state index in [2.05, 4.69) is 10.4 Å². The van der Waals surface area contributed by atoms with E-state index in [9.17, 15) is 9.59 Å². The summed E-state index contributed by atoms with van der Waals surface area (Å²) in [5.74, 6) is -1.11. The fraction of sp³-hybridized carbons (Fsp3) is 0.312. The van der Waals surface area contributed by atoms with Gasteiger partial charge >= 0.3 is 12.1 Å². The lowest BCUT2D eigenvalue weighted by molar-refractivity contribution is 0.0634. The molecule has 7 nitrogen and oxygen atoms in total. The molecule has 1 heterocycles. The van der Waals surface area contributed by atoms with Gasteiger partial charge in [-0.15, -0.1) is 0 Å². The topological polar surface area (TPSA) is 93.5 Å². The molecule has 2 rings (SSSR count). The number of ether oxygens (including phenoxy) is 1. The van der Waals surface area contributed by atoms with Crippen molar-refractivity contribution in [3.63, 3.8) is 0 Å². The minimum absolute atomic E-state index is 0.0606. The molecular formula is C16H19N3O4. The first-order valence-electron chi connectivity index (χ1n) is 7.04. The first-order valence-corrected chi connectivity index (χ1v) is 7.04. The Labute approximate surface area is 133 Å². The normalized spacial score (nSPS) is 11.1. The minimum Gasteiger partial charge on any atom is -0.476 e. The van der Waals surface area contributed by atoms with Gasteiger partial charge in [-0.3, -0.25) is 10.00 Å². The second kappa shape index (κ2) is 6.12. The number of carboxylic acids is 1. The first-order chi connectivity index (χ1) is 10.7. The summed E-state index contributed by atoms with van der Waals surface area (Å²) in [5.41, 5.74) is 1.08. The molecule has 0 radical (unpaired) electrons. The van der Waals surface area contributed by atoms with Crippen molar-refractivity contribution in [3.8, 4) is 11.3 Å². The number of aromatic carboxylic acids is 1. The van der Waals surface area contributed by atoms with E-state index in [1.165, 1.54) is 10.7 Å². The molecule has 1 amide bonds. The maximum atomic E-state index is 12.0. The predicted octanol–water partition coefficient (Wildman–Crippen LogP) is 3.13. The van der Waals surface area contributed by atoms with E-state index in [4.69, 9.17) is 9.84 Å². The molecule has 0 spiro atoms. The van der Waals surface area contributed by atoms with Crippen LogP contribution < -0.4 is 5.32 Å². The highest BCUT2D eigenvalue weighted by atomic mass is 16.6. The van der Waals surface area contributed by atoms with Gasteiger partial charge in [-0.2, -0.15) is 5.10 Å². The highest BCUT2D eigenvalue weighted by Gasteiger charge is 2.19. The van der Waals surface area contributed by atoms with Crippen molar-refractivity contribution in [2.45, 2.75) is 26.4 Å². The summed E-state index contributed by atoms with van der Waals surface area (Å²) in [5, 5.41) is 15.7. The van der Waals surface area contributed by atoms with Crippen molar-refractivity contribution in [2.24, 2.45) is 7.05 Å². The Hall–Kier alpha value is -2.83. The van der Waals surface area contributed by atoms with Crippen LogP contribution >= 0.6 is 0 Å². The van der Waals surface area contributed by atoms with Crippen LogP contribution in [0.1, 0.15) is 31.3 Å². The summed E-state index contributed by atoms with van der Waals surface area (Å²) >= 11 is 0. The van der Waals surface area contributed by atoms with Crippen LogP contribution in [0.2, 0.25) is 0 Å². The van der Waals surface area contributed by atoms with Crippen molar-refractivity contribution < 1.29 is 19.4 Å². The summed E-state index contributed by atoms with van der Waals surface area (Å²) in [7, 11) is 1.64. The molecule has 0 bridgehead atoms. The van der Waals surface area contributed by atoms with Crippen molar-refractivity contribution in [2.75, 3.05) is 5.32 Å². The van der Waals surface area contributed by atoms with E-state index in [-0.39, 0.29) is 5.69 Å². The maximum Gasteiger partial charge on any atom is 0.412 e. The van der Waals surface area contributed by atoms with Crippen LogP contribution in [0.3, 0.4) is 0 Å². The number of anilines is 1. The lowest BCUT2D eigenvalue weighted by Crippen LogP contribution is -2.27. The standard InChI is InChI=1S/C16H19N3O4/c1-16(2,3)23-15(22)17-11-8-6-5-7-10(11)13-9-12(14(20)21)18-19(13)4/h5-9H,1-4H3,(H,17,22)(H,20,21). The SMILES string of the molecule is Cn1nc(C(=O)O)cc1-c1ccccc1NC(=O)OC(C)(C)C. The number of carbonyl (C=O) groups is 2. The average molecular weight is 317 g/mol.